The fourth-order valence-electron chi connectivity index (χ4n) is 2.20. The third-order valence-electron chi connectivity index (χ3n) is 3.44. The minimum atomic E-state index is 0. The second kappa shape index (κ2) is 6.61. The Kier molecular flexibility index (Phi) is 5.08. The quantitative estimate of drug-likeness (QED) is 0.890. The van der Waals surface area contributed by atoms with Crippen LogP contribution in [0.3, 0.4) is 0 Å². The maximum atomic E-state index is 5.85. The Bertz CT molecular complexity index is 573. The number of rotatable bonds is 4. The summed E-state index contributed by atoms with van der Waals surface area (Å²) in [6, 6.07) is 16.8. The van der Waals surface area contributed by atoms with Gasteiger partial charge in [-0.2, -0.15) is 0 Å². The van der Waals surface area contributed by atoms with E-state index in [1.54, 1.807) is 0 Å². The van der Waals surface area contributed by atoms with Gasteiger partial charge in [0.1, 0.15) is 12.4 Å². The van der Waals surface area contributed by atoms with Crippen LogP contribution in [-0.4, -0.2) is 6.04 Å². The minimum absolute atomic E-state index is 0. The molecular formula is C16H17BrClNO. The van der Waals surface area contributed by atoms with Crippen LogP contribution >= 0.6 is 28.3 Å². The first kappa shape index (κ1) is 15.4. The van der Waals surface area contributed by atoms with E-state index >= 15 is 0 Å². The summed E-state index contributed by atoms with van der Waals surface area (Å²) < 4.78 is 6.85. The molecule has 0 heterocycles. The van der Waals surface area contributed by atoms with Crippen LogP contribution < -0.4 is 10.5 Å². The number of hydrogen-bond donors (Lipinski definition) is 1. The Morgan fingerprint density at radius 3 is 2.45 bits per heavy atom. The topological polar surface area (TPSA) is 35.2 Å². The van der Waals surface area contributed by atoms with E-state index in [1.165, 1.54) is 5.56 Å². The van der Waals surface area contributed by atoms with E-state index in [9.17, 15) is 0 Å². The Hall–Kier alpha value is -1.03. The van der Waals surface area contributed by atoms with Crippen LogP contribution in [0.15, 0.2) is 53.0 Å². The molecule has 2 N–H and O–H groups in total. The highest BCUT2D eigenvalue weighted by Gasteiger charge is 2.34. The fraction of sp³-hybridized carbons (Fsp3) is 0.250. The van der Waals surface area contributed by atoms with Crippen molar-refractivity contribution in [3.8, 4) is 5.75 Å². The molecule has 1 saturated carbocycles. The third-order valence-corrected chi connectivity index (χ3v) is 3.94. The van der Waals surface area contributed by atoms with Gasteiger partial charge >= 0.3 is 0 Å². The van der Waals surface area contributed by atoms with Crippen molar-refractivity contribution in [2.24, 2.45) is 5.73 Å². The zero-order chi connectivity index (χ0) is 13.2. The molecule has 2 atom stereocenters. The summed E-state index contributed by atoms with van der Waals surface area (Å²) in [6.45, 7) is 0.585. The molecular weight excluding hydrogens is 338 g/mol. The van der Waals surface area contributed by atoms with Gasteiger partial charge in [-0.3, -0.25) is 0 Å². The van der Waals surface area contributed by atoms with Crippen molar-refractivity contribution in [2.75, 3.05) is 0 Å². The number of halogens is 2. The van der Waals surface area contributed by atoms with Gasteiger partial charge in [0.25, 0.3) is 0 Å². The number of ether oxygens (including phenoxy) is 1. The lowest BCUT2D eigenvalue weighted by molar-refractivity contribution is 0.306. The van der Waals surface area contributed by atoms with Crippen molar-refractivity contribution in [1.82, 2.24) is 0 Å². The third kappa shape index (κ3) is 3.75. The Morgan fingerprint density at radius 2 is 1.85 bits per heavy atom. The van der Waals surface area contributed by atoms with Crippen molar-refractivity contribution in [2.45, 2.75) is 25.0 Å². The van der Waals surface area contributed by atoms with Crippen molar-refractivity contribution in [1.29, 1.82) is 0 Å². The van der Waals surface area contributed by atoms with Crippen LogP contribution in [0.4, 0.5) is 0 Å². The molecule has 0 bridgehead atoms. The molecule has 0 radical (unpaired) electrons. The number of nitrogens with two attached hydrogens (primary N) is 1. The second-order valence-corrected chi connectivity index (χ2v) is 5.91. The summed E-state index contributed by atoms with van der Waals surface area (Å²) in [5, 5.41) is 0. The number of hydrogen-bond acceptors (Lipinski definition) is 2. The van der Waals surface area contributed by atoms with E-state index in [-0.39, 0.29) is 12.4 Å². The average molecular weight is 355 g/mol. The summed E-state index contributed by atoms with van der Waals surface area (Å²) in [4.78, 5) is 0. The van der Waals surface area contributed by atoms with Gasteiger partial charge in [-0.1, -0.05) is 40.2 Å². The molecule has 0 aromatic heterocycles. The largest absolute Gasteiger partial charge is 0.489 e. The lowest BCUT2D eigenvalue weighted by atomic mass is 10.1. The van der Waals surface area contributed by atoms with Gasteiger partial charge in [0.15, 0.2) is 0 Å². The molecule has 1 aliphatic carbocycles. The second-order valence-electron chi connectivity index (χ2n) is 4.99. The van der Waals surface area contributed by atoms with Gasteiger partial charge in [-0.15, -0.1) is 12.4 Å². The van der Waals surface area contributed by atoms with E-state index in [4.69, 9.17) is 10.5 Å². The molecule has 20 heavy (non-hydrogen) atoms. The van der Waals surface area contributed by atoms with E-state index in [0.29, 0.717) is 18.6 Å². The minimum Gasteiger partial charge on any atom is -0.489 e. The van der Waals surface area contributed by atoms with Crippen LogP contribution in [-0.2, 0) is 6.61 Å². The smallest absolute Gasteiger partial charge is 0.119 e. The Morgan fingerprint density at radius 1 is 1.15 bits per heavy atom. The Balaban J connectivity index is 0.00000147. The molecule has 106 valence electrons. The molecule has 4 heteroatoms. The summed E-state index contributed by atoms with van der Waals surface area (Å²) in [5.41, 5.74) is 8.33. The normalized spacial score (nSPS) is 20.1. The highest BCUT2D eigenvalue weighted by molar-refractivity contribution is 9.10. The molecule has 1 aliphatic rings. The maximum absolute atomic E-state index is 5.85. The van der Waals surface area contributed by atoms with E-state index in [0.717, 1.165) is 22.2 Å². The zero-order valence-corrected chi connectivity index (χ0v) is 13.4. The van der Waals surface area contributed by atoms with Crippen LogP contribution in [0, 0.1) is 0 Å². The first-order valence-electron chi connectivity index (χ1n) is 6.45. The molecule has 3 rings (SSSR count). The summed E-state index contributed by atoms with van der Waals surface area (Å²) >= 11 is 3.46. The first-order chi connectivity index (χ1) is 9.22. The molecule has 2 aromatic carbocycles. The van der Waals surface area contributed by atoms with Crippen molar-refractivity contribution < 1.29 is 4.74 Å². The fourth-order valence-corrected chi connectivity index (χ4v) is 2.65. The zero-order valence-electron chi connectivity index (χ0n) is 11.0. The average Bonchev–Trinajstić information content (AvgIpc) is 3.14. The lowest BCUT2D eigenvalue weighted by Gasteiger charge is -2.07. The van der Waals surface area contributed by atoms with Gasteiger partial charge in [-0.05, 0) is 41.8 Å². The lowest BCUT2D eigenvalue weighted by Crippen LogP contribution is -2.01. The van der Waals surface area contributed by atoms with Crippen molar-refractivity contribution >= 4 is 28.3 Å². The SMILES string of the molecule is Cl.NC1CC1c1ccc(OCc2cccc(Br)c2)cc1. The summed E-state index contributed by atoms with van der Waals surface area (Å²) in [6.07, 6.45) is 1.11. The molecule has 2 nitrogen and oxygen atoms in total. The molecule has 0 spiro atoms. The van der Waals surface area contributed by atoms with Crippen LogP contribution in [0.1, 0.15) is 23.5 Å². The van der Waals surface area contributed by atoms with E-state index < -0.39 is 0 Å². The maximum Gasteiger partial charge on any atom is 0.119 e. The monoisotopic (exact) mass is 353 g/mol. The van der Waals surface area contributed by atoms with Gasteiger partial charge in [0.2, 0.25) is 0 Å². The van der Waals surface area contributed by atoms with Gasteiger partial charge in [0, 0.05) is 16.4 Å². The molecule has 0 aliphatic heterocycles. The Labute approximate surface area is 133 Å². The van der Waals surface area contributed by atoms with Gasteiger partial charge in [-0.25, -0.2) is 0 Å². The molecule has 2 aromatic rings. The molecule has 2 unspecified atom stereocenters. The molecule has 0 amide bonds. The van der Waals surface area contributed by atoms with Gasteiger partial charge < -0.3 is 10.5 Å². The van der Waals surface area contributed by atoms with Crippen LogP contribution in [0.25, 0.3) is 0 Å². The van der Waals surface area contributed by atoms with E-state index in [1.807, 2.05) is 24.3 Å². The first-order valence-corrected chi connectivity index (χ1v) is 7.24. The highest BCUT2D eigenvalue weighted by Crippen LogP contribution is 2.39. The van der Waals surface area contributed by atoms with Crippen LogP contribution in [0.5, 0.6) is 5.75 Å². The standard InChI is InChI=1S/C16H16BrNO.ClH/c17-13-3-1-2-11(8-13)10-19-14-6-4-12(5-7-14)15-9-16(15)18;/h1-8,15-16H,9-10,18H2;1H. The molecule has 1 fully saturated rings. The van der Waals surface area contributed by atoms with E-state index in [2.05, 4.69) is 40.2 Å². The van der Waals surface area contributed by atoms with Gasteiger partial charge in [0.05, 0.1) is 0 Å². The van der Waals surface area contributed by atoms with Crippen molar-refractivity contribution in [3.63, 3.8) is 0 Å². The predicted molar refractivity (Wildman–Crippen MR) is 87.5 cm³/mol. The predicted octanol–water partition coefficient (Wildman–Crippen LogP) is 4.26. The highest BCUT2D eigenvalue weighted by atomic mass is 79.9. The summed E-state index contributed by atoms with van der Waals surface area (Å²) in [5.74, 6) is 1.46. The molecule has 0 saturated heterocycles. The van der Waals surface area contributed by atoms with Crippen LogP contribution in [0.2, 0.25) is 0 Å². The van der Waals surface area contributed by atoms with Crippen molar-refractivity contribution in [3.05, 3.63) is 64.1 Å². The number of benzene rings is 2. The summed E-state index contributed by atoms with van der Waals surface area (Å²) in [7, 11) is 0.